The molecule has 0 spiro atoms. The number of nitrogens with zero attached hydrogens (tertiary/aromatic N) is 2. The van der Waals surface area contributed by atoms with E-state index in [1.165, 1.54) is 24.3 Å². The highest BCUT2D eigenvalue weighted by Crippen LogP contribution is 2.64. The van der Waals surface area contributed by atoms with E-state index in [0.29, 0.717) is 27.6 Å². The molecule has 0 unspecified atom stereocenters. The maximum Gasteiger partial charge on any atom is 0.260 e. The van der Waals surface area contributed by atoms with E-state index < -0.39 is 64.5 Å². The summed E-state index contributed by atoms with van der Waals surface area (Å²) >= 11 is 6.29. The number of carbonyl (C=O) groups is 4. The molecule has 0 aromatic heterocycles. The topological polar surface area (TPSA) is 136 Å². The molecule has 3 N–H and O–H groups in total. The third kappa shape index (κ3) is 4.44. The SMILES string of the molecule is O=C1[C@H]2[C@H](CC=C3[C@H]2C[C@H]2C(=O)N(Nc4ccc(F)cc4)C(=O)[C@@]2(c2ccc(Cl)cc2)[C@H]3c2ccc(OCCO)cc2)C(=O)N1O. The summed E-state index contributed by atoms with van der Waals surface area (Å²) in [5, 5.41) is 21.1. The first kappa shape index (κ1) is 30.1. The Labute approximate surface area is 267 Å². The number of hydroxylamine groups is 2. The van der Waals surface area contributed by atoms with Crippen LogP contribution in [-0.4, -0.2) is 57.2 Å². The lowest BCUT2D eigenvalue weighted by atomic mass is 9.49. The van der Waals surface area contributed by atoms with Crippen molar-refractivity contribution in [3.8, 4) is 5.75 Å². The standard InChI is InChI=1S/C34H29ClFN3O7/c35-20-5-3-19(4-6-20)34-27(31(42)38(33(34)44)37-22-9-7-21(36)8-10-22)17-26-24(13-14-25-28(26)32(43)39(45)30(25)41)29(34)18-1-11-23(12-2-18)46-16-15-40/h1-13,25-29,37,40,45H,14-17H2/t25-,26+,27-,28-,29-,34+/m0/s1. The van der Waals surface area contributed by atoms with Gasteiger partial charge in [0, 0.05) is 10.9 Å². The number of hydrazine groups is 1. The van der Waals surface area contributed by atoms with Gasteiger partial charge in [0.05, 0.1) is 35.5 Å². The lowest BCUT2D eigenvalue weighted by Crippen LogP contribution is -2.53. The second-order valence-electron chi connectivity index (χ2n) is 12.0. The van der Waals surface area contributed by atoms with E-state index in [2.05, 4.69) is 5.43 Å². The van der Waals surface area contributed by atoms with Crippen LogP contribution < -0.4 is 10.2 Å². The fourth-order valence-corrected chi connectivity index (χ4v) is 8.06. The molecule has 7 rings (SSSR count). The van der Waals surface area contributed by atoms with Crippen LogP contribution in [0.25, 0.3) is 0 Å². The Hall–Kier alpha value is -4.58. The van der Waals surface area contributed by atoms with Gasteiger partial charge in [0.1, 0.15) is 18.2 Å². The zero-order valence-electron chi connectivity index (χ0n) is 24.3. The van der Waals surface area contributed by atoms with Crippen LogP contribution in [0, 0.1) is 29.5 Å². The van der Waals surface area contributed by atoms with E-state index in [-0.39, 0.29) is 31.1 Å². The molecule has 2 heterocycles. The van der Waals surface area contributed by atoms with Crippen molar-refractivity contribution in [3.05, 3.63) is 106 Å². The maximum absolute atomic E-state index is 15.0. The highest BCUT2D eigenvalue weighted by atomic mass is 35.5. The van der Waals surface area contributed by atoms with Crippen molar-refractivity contribution < 1.29 is 38.6 Å². The van der Waals surface area contributed by atoms with Crippen molar-refractivity contribution in [2.45, 2.75) is 24.2 Å². The van der Waals surface area contributed by atoms with Crippen molar-refractivity contribution in [2.24, 2.45) is 23.7 Å². The Bertz CT molecular complexity index is 1760. The van der Waals surface area contributed by atoms with Crippen LogP contribution in [-0.2, 0) is 24.6 Å². The number of benzene rings is 3. The van der Waals surface area contributed by atoms with E-state index >= 15 is 0 Å². The summed E-state index contributed by atoms with van der Waals surface area (Å²) in [6, 6.07) is 19.0. The lowest BCUT2D eigenvalue weighted by molar-refractivity contribution is -0.173. The van der Waals surface area contributed by atoms with E-state index in [0.717, 1.165) is 10.6 Å². The molecule has 4 aliphatic rings. The molecule has 1 saturated carbocycles. The molecule has 0 bridgehead atoms. The van der Waals surface area contributed by atoms with E-state index in [1.54, 1.807) is 48.5 Å². The molecule has 3 aromatic carbocycles. The summed E-state index contributed by atoms with van der Waals surface area (Å²) in [5.41, 5.74) is 3.62. The van der Waals surface area contributed by atoms with Crippen molar-refractivity contribution in [3.63, 3.8) is 0 Å². The zero-order chi connectivity index (χ0) is 32.3. The van der Waals surface area contributed by atoms with E-state index in [9.17, 15) is 33.9 Å². The number of aliphatic hydroxyl groups excluding tert-OH is 1. The minimum Gasteiger partial charge on any atom is -0.491 e. The summed E-state index contributed by atoms with van der Waals surface area (Å²) in [4.78, 5) is 55.6. The summed E-state index contributed by atoms with van der Waals surface area (Å²) in [7, 11) is 0. The number of amides is 4. The number of fused-ring (bicyclic) bond motifs is 4. The van der Waals surface area contributed by atoms with Gasteiger partial charge >= 0.3 is 0 Å². The number of anilines is 1. The molecule has 46 heavy (non-hydrogen) atoms. The summed E-state index contributed by atoms with van der Waals surface area (Å²) in [5.74, 6) is -6.60. The minimum atomic E-state index is -1.51. The zero-order valence-corrected chi connectivity index (χ0v) is 25.1. The summed E-state index contributed by atoms with van der Waals surface area (Å²) in [6.45, 7) is -0.0916. The van der Waals surface area contributed by atoms with Gasteiger partial charge in [-0.2, -0.15) is 10.1 Å². The maximum atomic E-state index is 15.0. The largest absolute Gasteiger partial charge is 0.491 e. The molecule has 12 heteroatoms. The number of imide groups is 2. The van der Waals surface area contributed by atoms with E-state index in [1.807, 2.05) is 6.08 Å². The first-order chi connectivity index (χ1) is 22.2. The van der Waals surface area contributed by atoms with Crippen LogP contribution in [0.5, 0.6) is 5.75 Å². The second kappa shape index (κ2) is 11.3. The van der Waals surface area contributed by atoms with Gasteiger partial charge in [-0.05, 0) is 78.4 Å². The van der Waals surface area contributed by atoms with Crippen LogP contribution in [0.4, 0.5) is 10.1 Å². The quantitative estimate of drug-likeness (QED) is 0.197. The van der Waals surface area contributed by atoms with Gasteiger partial charge in [-0.1, -0.05) is 47.5 Å². The second-order valence-corrected chi connectivity index (χ2v) is 12.4. The molecule has 3 aromatic rings. The normalized spacial score (nSPS) is 28.5. The molecule has 0 radical (unpaired) electrons. The Morgan fingerprint density at radius 3 is 2.28 bits per heavy atom. The molecule has 3 fully saturated rings. The van der Waals surface area contributed by atoms with Crippen LogP contribution in [0.15, 0.2) is 84.4 Å². The number of halogens is 2. The molecular weight excluding hydrogens is 617 g/mol. The van der Waals surface area contributed by atoms with Gasteiger partial charge in [0.25, 0.3) is 23.6 Å². The summed E-state index contributed by atoms with van der Waals surface area (Å²) in [6.07, 6.45) is 2.11. The lowest BCUT2D eigenvalue weighted by Gasteiger charge is -2.50. The molecule has 6 atom stereocenters. The average Bonchev–Trinajstić information content (AvgIpc) is 3.42. The number of allylic oxidation sites excluding steroid dienone is 2. The van der Waals surface area contributed by atoms with Crippen molar-refractivity contribution >= 4 is 40.9 Å². The third-order valence-electron chi connectivity index (χ3n) is 9.81. The number of carbonyl (C=O) groups excluding carboxylic acids is 4. The Kier molecular flexibility index (Phi) is 7.42. The number of hydrogen-bond acceptors (Lipinski definition) is 8. The molecular formula is C34H29ClFN3O7. The molecule has 236 valence electrons. The fraction of sp³-hybridized carbons (Fsp3) is 0.294. The highest BCUT2D eigenvalue weighted by Gasteiger charge is 2.70. The number of hydrogen-bond donors (Lipinski definition) is 3. The number of aliphatic hydroxyl groups is 1. The van der Waals surface area contributed by atoms with Gasteiger partial charge in [0.15, 0.2) is 0 Å². The Balaban J connectivity index is 1.44. The van der Waals surface area contributed by atoms with Crippen LogP contribution in [0.3, 0.4) is 0 Å². The fourth-order valence-electron chi connectivity index (χ4n) is 7.93. The third-order valence-corrected chi connectivity index (χ3v) is 10.1. The minimum absolute atomic E-state index is 0.0584. The smallest absolute Gasteiger partial charge is 0.260 e. The first-order valence-corrected chi connectivity index (χ1v) is 15.3. The molecule has 2 aliphatic heterocycles. The summed E-state index contributed by atoms with van der Waals surface area (Å²) < 4.78 is 19.3. The van der Waals surface area contributed by atoms with E-state index in [4.69, 9.17) is 16.3 Å². The molecule has 10 nitrogen and oxygen atoms in total. The number of ether oxygens (including phenoxy) is 1. The Morgan fingerprint density at radius 1 is 0.913 bits per heavy atom. The first-order valence-electron chi connectivity index (χ1n) is 14.9. The van der Waals surface area contributed by atoms with Crippen molar-refractivity contribution in [1.82, 2.24) is 10.1 Å². The Morgan fingerprint density at radius 2 is 1.61 bits per heavy atom. The van der Waals surface area contributed by atoms with Gasteiger partial charge in [-0.15, -0.1) is 0 Å². The number of rotatable bonds is 7. The average molecular weight is 646 g/mol. The van der Waals surface area contributed by atoms with Gasteiger partial charge in [0.2, 0.25) is 0 Å². The molecule has 4 amide bonds. The van der Waals surface area contributed by atoms with Gasteiger partial charge < -0.3 is 9.84 Å². The van der Waals surface area contributed by atoms with Crippen LogP contribution >= 0.6 is 11.6 Å². The van der Waals surface area contributed by atoms with Crippen molar-refractivity contribution in [1.29, 1.82) is 0 Å². The number of nitrogens with one attached hydrogen (secondary N) is 1. The van der Waals surface area contributed by atoms with Crippen LogP contribution in [0.2, 0.25) is 5.02 Å². The molecule has 2 aliphatic carbocycles. The van der Waals surface area contributed by atoms with Gasteiger partial charge in [-0.3, -0.25) is 29.8 Å². The highest BCUT2D eigenvalue weighted by molar-refractivity contribution is 6.30. The predicted octanol–water partition coefficient (Wildman–Crippen LogP) is 4.22. The van der Waals surface area contributed by atoms with Crippen LogP contribution in [0.1, 0.15) is 29.9 Å². The van der Waals surface area contributed by atoms with Crippen molar-refractivity contribution in [2.75, 3.05) is 18.6 Å². The van der Waals surface area contributed by atoms with Gasteiger partial charge in [-0.25, -0.2) is 4.39 Å². The predicted molar refractivity (Wildman–Crippen MR) is 162 cm³/mol. The monoisotopic (exact) mass is 645 g/mol. The molecule has 2 saturated heterocycles.